The number of para-hydroxylation sites is 2. The maximum atomic E-state index is 12.8. The maximum absolute atomic E-state index is 12.8. The largest absolute Gasteiger partial charge is 0.327 e. The number of benzene rings is 2. The van der Waals surface area contributed by atoms with Gasteiger partial charge in [-0.15, -0.1) is 0 Å². The van der Waals surface area contributed by atoms with Gasteiger partial charge in [-0.3, -0.25) is 9.59 Å². The molecule has 4 rings (SSSR count). The van der Waals surface area contributed by atoms with Crippen LogP contribution in [-0.4, -0.2) is 35.8 Å². The fourth-order valence-corrected chi connectivity index (χ4v) is 3.28. The lowest BCUT2D eigenvalue weighted by molar-refractivity contribution is 0.0991. The van der Waals surface area contributed by atoms with Crippen LogP contribution in [0, 0.1) is 0 Å². The lowest BCUT2D eigenvalue weighted by Crippen LogP contribution is -2.25. The number of ketones is 1. The average Bonchev–Trinajstić information content (AvgIpc) is 2.79. The highest BCUT2D eigenvalue weighted by Crippen LogP contribution is 2.38. The molecule has 2 aromatic carbocycles. The Bertz CT molecular complexity index is 1100. The molecule has 140 valence electrons. The van der Waals surface area contributed by atoms with Crippen molar-refractivity contribution in [2.45, 2.75) is 6.92 Å². The first-order chi connectivity index (χ1) is 13.5. The van der Waals surface area contributed by atoms with Gasteiger partial charge in [0.2, 0.25) is 5.95 Å². The van der Waals surface area contributed by atoms with Crippen molar-refractivity contribution in [2.75, 3.05) is 29.2 Å². The van der Waals surface area contributed by atoms with Gasteiger partial charge < -0.3 is 15.1 Å². The van der Waals surface area contributed by atoms with Crippen LogP contribution in [0.5, 0.6) is 0 Å². The predicted octanol–water partition coefficient (Wildman–Crippen LogP) is 3.78. The lowest BCUT2D eigenvalue weighted by Gasteiger charge is -2.21. The average molecular weight is 373 g/mol. The number of carbonyl (C=O) groups excluding carboxylic acids is 2. The number of Topliss-reactive ketones (excluding diaryl/α,β-unsaturated/α-hetero) is 1. The number of hydrogen-bond acceptors (Lipinski definition) is 6. The Morgan fingerprint density at radius 3 is 2.46 bits per heavy atom. The molecule has 28 heavy (non-hydrogen) atoms. The van der Waals surface area contributed by atoms with Crippen molar-refractivity contribution in [1.82, 2.24) is 9.97 Å². The van der Waals surface area contributed by atoms with E-state index < -0.39 is 0 Å². The van der Waals surface area contributed by atoms with E-state index >= 15 is 0 Å². The van der Waals surface area contributed by atoms with E-state index in [1.54, 1.807) is 36.3 Å². The van der Waals surface area contributed by atoms with E-state index in [9.17, 15) is 9.59 Å². The molecule has 0 fully saturated rings. The Kier molecular flexibility index (Phi) is 4.27. The van der Waals surface area contributed by atoms with Crippen LogP contribution in [0.3, 0.4) is 0 Å². The monoisotopic (exact) mass is 373 g/mol. The number of anilines is 5. The van der Waals surface area contributed by atoms with Gasteiger partial charge in [0.05, 0.1) is 23.1 Å². The molecule has 1 aromatic heterocycles. The second-order valence-corrected chi connectivity index (χ2v) is 6.57. The first kappa shape index (κ1) is 17.7. The zero-order valence-electron chi connectivity index (χ0n) is 15.8. The lowest BCUT2D eigenvalue weighted by atomic mass is 10.1. The third-order valence-electron chi connectivity index (χ3n) is 4.78. The van der Waals surface area contributed by atoms with Crippen LogP contribution in [-0.2, 0) is 0 Å². The molecule has 0 bridgehead atoms. The summed E-state index contributed by atoms with van der Waals surface area (Å²) in [6, 6.07) is 14.6. The van der Waals surface area contributed by atoms with Crippen LogP contribution in [0.4, 0.5) is 28.8 Å². The summed E-state index contributed by atoms with van der Waals surface area (Å²) in [6.07, 6.45) is 1.61. The summed E-state index contributed by atoms with van der Waals surface area (Å²) in [7, 11) is 3.57. The zero-order chi connectivity index (χ0) is 19.8. The van der Waals surface area contributed by atoms with Crippen molar-refractivity contribution in [2.24, 2.45) is 0 Å². The molecular formula is C21H19N5O2. The Hall–Kier alpha value is -3.74. The highest BCUT2D eigenvalue weighted by atomic mass is 16.2. The van der Waals surface area contributed by atoms with E-state index in [0.717, 1.165) is 5.69 Å². The Labute approximate surface area is 162 Å². The van der Waals surface area contributed by atoms with E-state index in [1.165, 1.54) is 6.92 Å². The van der Waals surface area contributed by atoms with Crippen molar-refractivity contribution in [1.29, 1.82) is 0 Å². The highest BCUT2D eigenvalue weighted by molar-refractivity contribution is 6.13. The molecule has 1 N–H and O–H groups in total. The predicted molar refractivity (Wildman–Crippen MR) is 109 cm³/mol. The standard InChI is InChI=1S/C21H19N5O2/c1-13(27)14-8-4-6-10-16(14)23-21-22-12-18-19(24-21)25(2)17-11-7-5-9-15(17)20(28)26(18)3/h4-12H,1-3H3,(H,22,23,24). The maximum Gasteiger partial charge on any atom is 0.260 e. The summed E-state index contributed by atoms with van der Waals surface area (Å²) in [5, 5.41) is 3.12. The summed E-state index contributed by atoms with van der Waals surface area (Å²) >= 11 is 0. The molecule has 0 aliphatic carbocycles. The molecule has 0 saturated carbocycles. The van der Waals surface area contributed by atoms with Gasteiger partial charge in [0.1, 0.15) is 5.69 Å². The first-order valence-electron chi connectivity index (χ1n) is 8.82. The SMILES string of the molecule is CC(=O)c1ccccc1Nc1ncc2c(n1)N(C)c1ccccc1C(=O)N2C. The molecule has 0 saturated heterocycles. The Morgan fingerprint density at radius 2 is 1.68 bits per heavy atom. The quantitative estimate of drug-likeness (QED) is 0.704. The van der Waals surface area contributed by atoms with Gasteiger partial charge in [0, 0.05) is 19.7 Å². The summed E-state index contributed by atoms with van der Waals surface area (Å²) < 4.78 is 0. The third kappa shape index (κ3) is 2.87. The molecule has 2 heterocycles. The van der Waals surface area contributed by atoms with Crippen LogP contribution in [0.15, 0.2) is 54.7 Å². The van der Waals surface area contributed by atoms with Crippen LogP contribution < -0.4 is 15.1 Å². The van der Waals surface area contributed by atoms with E-state index in [-0.39, 0.29) is 11.7 Å². The second kappa shape index (κ2) is 6.77. The van der Waals surface area contributed by atoms with Gasteiger partial charge in [0.15, 0.2) is 11.6 Å². The minimum atomic E-state index is -0.118. The highest BCUT2D eigenvalue weighted by Gasteiger charge is 2.28. The summed E-state index contributed by atoms with van der Waals surface area (Å²) in [5.74, 6) is 0.778. The topological polar surface area (TPSA) is 78.4 Å². The van der Waals surface area contributed by atoms with E-state index in [4.69, 9.17) is 0 Å². The molecule has 1 aliphatic rings. The molecule has 0 radical (unpaired) electrons. The smallest absolute Gasteiger partial charge is 0.260 e. The number of nitrogens with zero attached hydrogens (tertiary/aromatic N) is 4. The third-order valence-corrected chi connectivity index (χ3v) is 4.78. The van der Waals surface area contributed by atoms with E-state index in [2.05, 4.69) is 15.3 Å². The van der Waals surface area contributed by atoms with Crippen molar-refractivity contribution in [3.8, 4) is 0 Å². The molecule has 3 aromatic rings. The van der Waals surface area contributed by atoms with Crippen LogP contribution in [0.1, 0.15) is 27.6 Å². The molecular weight excluding hydrogens is 354 g/mol. The Morgan fingerprint density at radius 1 is 0.964 bits per heavy atom. The van der Waals surface area contributed by atoms with Gasteiger partial charge in [-0.25, -0.2) is 4.98 Å². The minimum Gasteiger partial charge on any atom is -0.327 e. The van der Waals surface area contributed by atoms with Gasteiger partial charge in [-0.2, -0.15) is 4.98 Å². The number of aromatic nitrogens is 2. The number of amides is 1. The normalized spacial score (nSPS) is 12.9. The first-order valence-corrected chi connectivity index (χ1v) is 8.82. The summed E-state index contributed by atoms with van der Waals surface area (Å²) in [5.41, 5.74) is 3.17. The number of fused-ring (bicyclic) bond motifs is 2. The molecule has 1 aliphatic heterocycles. The fraction of sp³-hybridized carbons (Fsp3) is 0.143. The van der Waals surface area contributed by atoms with Gasteiger partial charge in [-0.05, 0) is 31.2 Å². The Balaban J connectivity index is 1.79. The number of rotatable bonds is 3. The van der Waals surface area contributed by atoms with E-state index in [1.807, 2.05) is 42.3 Å². The van der Waals surface area contributed by atoms with Crippen LogP contribution in [0.2, 0.25) is 0 Å². The van der Waals surface area contributed by atoms with Crippen molar-refractivity contribution < 1.29 is 9.59 Å². The molecule has 7 nitrogen and oxygen atoms in total. The molecule has 1 amide bonds. The van der Waals surface area contributed by atoms with E-state index in [0.29, 0.717) is 34.3 Å². The van der Waals surface area contributed by atoms with Crippen LogP contribution >= 0.6 is 0 Å². The van der Waals surface area contributed by atoms with Crippen molar-refractivity contribution in [3.63, 3.8) is 0 Å². The number of nitrogens with one attached hydrogen (secondary N) is 1. The molecule has 7 heteroatoms. The van der Waals surface area contributed by atoms with Crippen molar-refractivity contribution >= 4 is 40.5 Å². The molecule has 0 spiro atoms. The molecule has 0 atom stereocenters. The summed E-state index contributed by atoms with van der Waals surface area (Å²) in [6.45, 7) is 1.52. The van der Waals surface area contributed by atoms with Crippen molar-refractivity contribution in [3.05, 3.63) is 65.9 Å². The van der Waals surface area contributed by atoms with Gasteiger partial charge >= 0.3 is 0 Å². The van der Waals surface area contributed by atoms with Gasteiger partial charge in [0.25, 0.3) is 5.91 Å². The summed E-state index contributed by atoms with van der Waals surface area (Å²) in [4.78, 5) is 37.1. The number of carbonyl (C=O) groups is 2. The second-order valence-electron chi connectivity index (χ2n) is 6.57. The van der Waals surface area contributed by atoms with Gasteiger partial charge in [-0.1, -0.05) is 24.3 Å². The number of hydrogen-bond donors (Lipinski definition) is 1. The van der Waals surface area contributed by atoms with Crippen LogP contribution in [0.25, 0.3) is 0 Å². The zero-order valence-corrected chi connectivity index (χ0v) is 15.8. The minimum absolute atomic E-state index is 0.0470. The molecule has 0 unspecified atom stereocenters. The fourth-order valence-electron chi connectivity index (χ4n) is 3.28.